The molecule has 2 aromatic carbocycles. The Hall–Kier alpha value is -3.89. The molecule has 1 saturated carbocycles. The monoisotopic (exact) mass is 666 g/mol. The Kier molecular flexibility index (Phi) is 10.9. The van der Waals surface area contributed by atoms with Crippen molar-refractivity contribution in [3.63, 3.8) is 0 Å². The molecule has 2 aromatic rings. The van der Waals surface area contributed by atoms with Crippen molar-refractivity contribution in [1.82, 2.24) is 10.6 Å². The molecular weight excluding hydrogens is 624 g/mol. The van der Waals surface area contributed by atoms with Crippen LogP contribution >= 0.6 is 11.6 Å². The Morgan fingerprint density at radius 3 is 2.43 bits per heavy atom. The quantitative estimate of drug-likeness (QED) is 0.301. The van der Waals surface area contributed by atoms with Gasteiger partial charge in [0, 0.05) is 25.3 Å². The largest absolute Gasteiger partial charge is 0.495 e. The molecule has 47 heavy (non-hydrogen) atoms. The SMILES string of the molecule is COc1ccc(C[C@H]2NC(=O)/C=C/C[C@@H]([C@H](C)[C@H]3O[C@@H]3c3ccccc3)OC(=O)[C@H](CC(C)C)OC(=O)C3(CC3)CNC2=O)cc1Cl. The second-order valence-electron chi connectivity index (χ2n) is 13.2. The maximum Gasteiger partial charge on any atom is 0.347 e. The fraction of sp³-hybridized carbons (Fsp3) is 0.500. The van der Waals surface area contributed by atoms with Crippen LogP contribution in [0.2, 0.25) is 5.02 Å². The van der Waals surface area contributed by atoms with Crippen molar-refractivity contribution in [3.05, 3.63) is 76.8 Å². The van der Waals surface area contributed by atoms with Crippen LogP contribution < -0.4 is 15.4 Å². The number of hydrogen-bond acceptors (Lipinski definition) is 8. The topological polar surface area (TPSA) is 133 Å². The highest BCUT2D eigenvalue weighted by atomic mass is 35.5. The minimum absolute atomic E-state index is 0.0131. The van der Waals surface area contributed by atoms with Crippen molar-refractivity contribution in [2.45, 2.75) is 83.3 Å². The van der Waals surface area contributed by atoms with E-state index < -0.39 is 47.4 Å². The third kappa shape index (κ3) is 8.73. The summed E-state index contributed by atoms with van der Waals surface area (Å²) < 4.78 is 23.2. The standard InChI is InChI=1S/C36H43ClN2O8/c1-21(2)17-29-34(42)45-27(22(3)31-32(47-31)24-9-6-5-7-10-24)11-8-12-30(40)39-26(19-23-13-14-28(44-4)25(37)18-23)33(41)38-20-36(15-16-36)35(43)46-29/h5-10,12-14,18,21-22,26-27,29,31-32H,11,15-17,19-20H2,1-4H3,(H,38,41)(H,39,40)/b12-8+/t22-,26+,27-,29-,31+,32+/m0/s1. The molecule has 2 heterocycles. The summed E-state index contributed by atoms with van der Waals surface area (Å²) in [6.07, 6.45) is 2.51. The summed E-state index contributed by atoms with van der Waals surface area (Å²) in [7, 11) is 1.51. The van der Waals surface area contributed by atoms with Gasteiger partial charge >= 0.3 is 11.9 Å². The van der Waals surface area contributed by atoms with Gasteiger partial charge in [-0.2, -0.15) is 0 Å². The first kappa shape index (κ1) is 34.4. The number of carbonyl (C=O) groups excluding carboxylic acids is 4. The highest BCUT2D eigenvalue weighted by Crippen LogP contribution is 2.47. The van der Waals surface area contributed by atoms with E-state index >= 15 is 0 Å². The molecular formula is C36H43ClN2O8. The number of esters is 2. The molecule has 2 amide bonds. The molecule has 3 aliphatic rings. The molecule has 2 aliphatic heterocycles. The zero-order valence-electron chi connectivity index (χ0n) is 27.2. The molecule has 0 radical (unpaired) electrons. The van der Waals surface area contributed by atoms with Crippen LogP contribution in [0.25, 0.3) is 0 Å². The van der Waals surface area contributed by atoms with Crippen LogP contribution in [0, 0.1) is 17.3 Å². The van der Waals surface area contributed by atoms with Gasteiger partial charge in [0.1, 0.15) is 24.0 Å². The van der Waals surface area contributed by atoms with Crippen LogP contribution in [0.15, 0.2) is 60.7 Å². The number of halogens is 1. The highest BCUT2D eigenvalue weighted by Gasteiger charge is 2.53. The van der Waals surface area contributed by atoms with Crippen LogP contribution in [0.4, 0.5) is 0 Å². The predicted octanol–water partition coefficient (Wildman–Crippen LogP) is 4.88. The summed E-state index contributed by atoms with van der Waals surface area (Å²) >= 11 is 6.32. The average molecular weight is 667 g/mol. The third-order valence-electron chi connectivity index (χ3n) is 9.04. The molecule has 0 bridgehead atoms. The van der Waals surface area contributed by atoms with Gasteiger partial charge in [0.2, 0.25) is 11.8 Å². The van der Waals surface area contributed by atoms with Crippen molar-refractivity contribution < 1.29 is 38.1 Å². The molecule has 2 fully saturated rings. The smallest absolute Gasteiger partial charge is 0.347 e. The molecule has 0 unspecified atom stereocenters. The number of carbonyl (C=O) groups is 4. The number of ether oxygens (including phenoxy) is 4. The molecule has 0 aromatic heterocycles. The van der Waals surface area contributed by atoms with Gasteiger partial charge < -0.3 is 29.6 Å². The van der Waals surface area contributed by atoms with Gasteiger partial charge in [-0.3, -0.25) is 14.4 Å². The maximum atomic E-state index is 13.6. The average Bonchev–Trinajstić information content (AvgIpc) is 3.98. The van der Waals surface area contributed by atoms with E-state index in [0.717, 1.165) is 5.56 Å². The van der Waals surface area contributed by atoms with Crippen LogP contribution in [0.5, 0.6) is 5.75 Å². The van der Waals surface area contributed by atoms with Crippen LogP contribution in [0.1, 0.15) is 63.7 Å². The van der Waals surface area contributed by atoms with Gasteiger partial charge in [-0.1, -0.05) is 74.8 Å². The zero-order valence-corrected chi connectivity index (χ0v) is 28.0. The molecule has 1 saturated heterocycles. The van der Waals surface area contributed by atoms with E-state index in [1.165, 1.54) is 13.2 Å². The molecule has 252 valence electrons. The number of cyclic esters (lactones) is 2. The first-order chi connectivity index (χ1) is 22.5. The van der Waals surface area contributed by atoms with Crippen molar-refractivity contribution in [2.24, 2.45) is 17.3 Å². The molecule has 1 spiro atoms. The van der Waals surface area contributed by atoms with Crippen LogP contribution in [-0.4, -0.2) is 61.8 Å². The number of benzene rings is 2. The fourth-order valence-electron chi connectivity index (χ4n) is 5.91. The van der Waals surface area contributed by atoms with E-state index in [0.29, 0.717) is 29.2 Å². The fourth-order valence-corrected chi connectivity index (χ4v) is 6.19. The van der Waals surface area contributed by atoms with Gasteiger partial charge in [0.05, 0.1) is 23.7 Å². The lowest BCUT2D eigenvalue weighted by Gasteiger charge is -2.27. The Morgan fingerprint density at radius 1 is 1.02 bits per heavy atom. The molecule has 1 aliphatic carbocycles. The molecule has 5 rings (SSSR count). The van der Waals surface area contributed by atoms with Gasteiger partial charge in [-0.15, -0.1) is 0 Å². The van der Waals surface area contributed by atoms with E-state index in [9.17, 15) is 19.2 Å². The Balaban J connectivity index is 1.39. The van der Waals surface area contributed by atoms with Crippen molar-refractivity contribution in [3.8, 4) is 5.75 Å². The van der Waals surface area contributed by atoms with E-state index in [1.807, 2.05) is 51.1 Å². The lowest BCUT2D eigenvalue weighted by molar-refractivity contribution is -0.177. The number of epoxide rings is 1. The zero-order chi connectivity index (χ0) is 33.7. The van der Waals surface area contributed by atoms with E-state index in [2.05, 4.69) is 10.6 Å². The number of methoxy groups -OCH3 is 1. The van der Waals surface area contributed by atoms with Crippen molar-refractivity contribution in [1.29, 1.82) is 0 Å². The Bertz CT molecular complexity index is 1490. The predicted molar refractivity (Wildman–Crippen MR) is 175 cm³/mol. The van der Waals surface area contributed by atoms with Crippen molar-refractivity contribution >= 4 is 35.4 Å². The normalized spacial score (nSPS) is 27.7. The van der Waals surface area contributed by atoms with Crippen LogP contribution in [0.3, 0.4) is 0 Å². The van der Waals surface area contributed by atoms with Crippen LogP contribution in [-0.2, 0) is 39.8 Å². The van der Waals surface area contributed by atoms with Gasteiger partial charge in [-0.05, 0) is 54.5 Å². The first-order valence-electron chi connectivity index (χ1n) is 16.2. The second-order valence-corrected chi connectivity index (χ2v) is 13.6. The summed E-state index contributed by atoms with van der Waals surface area (Å²) in [5.74, 6) is -1.82. The minimum atomic E-state index is -1.11. The number of amides is 2. The third-order valence-corrected chi connectivity index (χ3v) is 9.33. The van der Waals surface area contributed by atoms with Crippen molar-refractivity contribution in [2.75, 3.05) is 13.7 Å². The van der Waals surface area contributed by atoms with E-state index in [1.54, 1.807) is 24.3 Å². The summed E-state index contributed by atoms with van der Waals surface area (Å²) in [5, 5.41) is 6.00. The lowest BCUT2D eigenvalue weighted by Crippen LogP contribution is -2.49. The second kappa shape index (κ2) is 14.9. The summed E-state index contributed by atoms with van der Waals surface area (Å²) in [6.45, 7) is 5.83. The number of hydrogen-bond donors (Lipinski definition) is 2. The number of rotatable bonds is 8. The first-order valence-corrected chi connectivity index (χ1v) is 16.6. The lowest BCUT2D eigenvalue weighted by atomic mass is 9.93. The Morgan fingerprint density at radius 2 is 1.77 bits per heavy atom. The molecule has 6 atom stereocenters. The van der Waals surface area contributed by atoms with E-state index in [-0.39, 0.29) is 49.9 Å². The summed E-state index contributed by atoms with van der Waals surface area (Å²) in [4.78, 5) is 53.7. The van der Waals surface area contributed by atoms with E-state index in [4.69, 9.17) is 30.5 Å². The number of nitrogens with one attached hydrogen (secondary N) is 2. The maximum absolute atomic E-state index is 13.6. The molecule has 2 N–H and O–H groups in total. The molecule has 11 heteroatoms. The van der Waals surface area contributed by atoms with Gasteiger partial charge in [0.25, 0.3) is 0 Å². The molecule has 10 nitrogen and oxygen atoms in total. The van der Waals surface area contributed by atoms with Gasteiger partial charge in [-0.25, -0.2) is 4.79 Å². The van der Waals surface area contributed by atoms with Gasteiger partial charge in [0.15, 0.2) is 6.10 Å². The Labute approximate surface area is 280 Å². The minimum Gasteiger partial charge on any atom is -0.495 e. The summed E-state index contributed by atoms with van der Waals surface area (Å²) in [5.41, 5.74) is 0.796. The highest BCUT2D eigenvalue weighted by molar-refractivity contribution is 6.32. The summed E-state index contributed by atoms with van der Waals surface area (Å²) in [6, 6.07) is 14.0.